The molecular weight excluding hydrogens is 908 g/mol. The van der Waals surface area contributed by atoms with Crippen LogP contribution in [0.15, 0.2) is 54.6 Å². The lowest BCUT2D eigenvalue weighted by Gasteiger charge is -2.47. The van der Waals surface area contributed by atoms with Crippen molar-refractivity contribution < 1.29 is 113 Å². The highest BCUT2D eigenvalue weighted by Gasteiger charge is 2.80. The molecule has 5 rings (SSSR count). The first-order valence-electron chi connectivity index (χ1n) is 20.1. The predicted molar refractivity (Wildman–Crippen MR) is 231 cm³/mol. The fourth-order valence-electron chi connectivity index (χ4n) is 7.59. The van der Waals surface area contributed by atoms with Crippen LogP contribution >= 0.6 is 0 Å². The van der Waals surface area contributed by atoms with Gasteiger partial charge in [-0.05, 0) is 71.3 Å². The number of phenolic OH excluding ortho intramolecular Hbond substituents is 3. The van der Waals surface area contributed by atoms with Gasteiger partial charge in [0.15, 0.2) is 63.7 Å². The van der Waals surface area contributed by atoms with Crippen molar-refractivity contribution in [1.82, 2.24) is 0 Å². The van der Waals surface area contributed by atoms with E-state index in [0.29, 0.717) is 12.2 Å². The molecule has 2 fully saturated rings. The van der Waals surface area contributed by atoms with Gasteiger partial charge < -0.3 is 98.8 Å². The smallest absolute Gasteiger partial charge is 0.235 e. The zero-order valence-corrected chi connectivity index (χ0v) is 37.2. The van der Waals surface area contributed by atoms with Crippen molar-refractivity contribution in [2.24, 2.45) is 0 Å². The summed E-state index contributed by atoms with van der Waals surface area (Å²) in [6, 6.07) is 7.50. The van der Waals surface area contributed by atoms with Gasteiger partial charge in [-0.25, -0.2) is 0 Å². The summed E-state index contributed by atoms with van der Waals surface area (Å²) in [6.45, 7) is -3.13. The molecule has 68 heavy (non-hydrogen) atoms. The third-order valence-corrected chi connectivity index (χ3v) is 11.3. The first-order valence-corrected chi connectivity index (χ1v) is 20.1. The summed E-state index contributed by atoms with van der Waals surface area (Å²) in [7, 11) is 7.36. The fraction of sp³-hybridized carbons (Fsp3) is 0.400. The Morgan fingerprint density at radius 1 is 0.618 bits per heavy atom. The minimum absolute atomic E-state index is 0.0361. The number of hydrogen-bond donors (Lipinski definition) is 11. The van der Waals surface area contributed by atoms with Crippen LogP contribution in [0.4, 0.5) is 0 Å². The number of benzene rings is 3. The Morgan fingerprint density at radius 2 is 1.00 bits per heavy atom. The average Bonchev–Trinajstić information content (AvgIpc) is 3.55. The monoisotopic (exact) mass is 960 g/mol. The number of rotatable bonds is 20. The van der Waals surface area contributed by atoms with Crippen molar-refractivity contribution in [1.29, 1.82) is 0 Å². The van der Waals surface area contributed by atoms with Gasteiger partial charge in [-0.2, -0.15) is 0 Å². The Bertz CT molecular complexity index is 2360. The summed E-state index contributed by atoms with van der Waals surface area (Å²) in [5, 5.41) is 122. The second-order valence-corrected chi connectivity index (χ2v) is 15.1. The van der Waals surface area contributed by atoms with Crippen LogP contribution in [0, 0.1) is 0 Å². The Hall–Kier alpha value is -6.35. The van der Waals surface area contributed by atoms with E-state index in [0.717, 1.165) is 24.3 Å². The zero-order valence-electron chi connectivity index (χ0n) is 37.2. The van der Waals surface area contributed by atoms with Gasteiger partial charge in [0.25, 0.3) is 0 Å². The number of ether oxygens (including phenoxy) is 9. The van der Waals surface area contributed by atoms with E-state index in [-0.39, 0.29) is 56.9 Å². The number of phenols is 3. The number of carbonyl (C=O) groups excluding carboxylic acids is 3. The van der Waals surface area contributed by atoms with Gasteiger partial charge in [-0.3, -0.25) is 14.4 Å². The maximum atomic E-state index is 14.6. The van der Waals surface area contributed by atoms with Gasteiger partial charge in [0.2, 0.25) is 28.6 Å². The zero-order chi connectivity index (χ0) is 50.5. The summed E-state index contributed by atoms with van der Waals surface area (Å²) < 4.78 is 47.8. The molecule has 2 saturated heterocycles. The average molecular weight is 961 g/mol. The van der Waals surface area contributed by atoms with Crippen LogP contribution in [-0.4, -0.2) is 189 Å². The number of aliphatic hydroxyl groups excluding tert-OH is 6. The molecular formula is C45H52O23. The number of carbonyl (C=O) groups is 3. The summed E-state index contributed by atoms with van der Waals surface area (Å²) in [5.41, 5.74) is -7.27. The van der Waals surface area contributed by atoms with Crippen molar-refractivity contribution in [3.8, 4) is 51.7 Å². The van der Waals surface area contributed by atoms with Gasteiger partial charge in [0.1, 0.15) is 43.2 Å². The van der Waals surface area contributed by atoms with E-state index in [1.807, 2.05) is 0 Å². The Labute approximate surface area is 387 Å². The SMILES string of the molecule is COc1cc(C=CC(=O)C(O)[C@H]2OC(OC3(CO)O[C@H](CO)[C@](O)(C(=O)C=Cc4cc(OC)c(O)c(OC)c4)[C@@]3(O)C(=O)C=Cc3cc(OC)c(O)c(OC)c3)[C@H](O)[C@@H](O)[C@@H]2O)cc(OC)c1O. The molecule has 370 valence electrons. The minimum Gasteiger partial charge on any atom is -0.502 e. The lowest BCUT2D eigenvalue weighted by Crippen LogP contribution is -2.74. The third kappa shape index (κ3) is 9.41. The van der Waals surface area contributed by atoms with E-state index in [1.165, 1.54) is 79.1 Å². The molecule has 11 N–H and O–H groups in total. The van der Waals surface area contributed by atoms with Gasteiger partial charge in [0.05, 0.1) is 49.3 Å². The van der Waals surface area contributed by atoms with Crippen molar-refractivity contribution in [2.45, 2.75) is 59.9 Å². The largest absolute Gasteiger partial charge is 0.502 e. The van der Waals surface area contributed by atoms with Crippen molar-refractivity contribution in [2.75, 3.05) is 55.9 Å². The molecule has 10 atom stereocenters. The molecule has 0 spiro atoms. The summed E-state index contributed by atoms with van der Waals surface area (Å²) in [5.74, 6) is -9.84. The van der Waals surface area contributed by atoms with Crippen LogP contribution < -0.4 is 28.4 Å². The van der Waals surface area contributed by atoms with Crippen LogP contribution in [-0.2, 0) is 28.6 Å². The van der Waals surface area contributed by atoms with E-state index in [9.17, 15) is 70.6 Å². The van der Waals surface area contributed by atoms with E-state index < -0.39 is 102 Å². The number of aromatic hydroxyl groups is 3. The van der Waals surface area contributed by atoms with E-state index >= 15 is 0 Å². The topological polar surface area (TPSA) is 357 Å². The van der Waals surface area contributed by atoms with Gasteiger partial charge in [-0.1, -0.05) is 18.2 Å². The van der Waals surface area contributed by atoms with Crippen molar-refractivity contribution in [3.63, 3.8) is 0 Å². The second kappa shape index (κ2) is 21.3. The molecule has 0 amide bonds. The number of methoxy groups -OCH3 is 6. The van der Waals surface area contributed by atoms with E-state index in [1.54, 1.807) is 0 Å². The highest BCUT2D eigenvalue weighted by atomic mass is 16.8. The predicted octanol–water partition coefficient (Wildman–Crippen LogP) is -1.27. The molecule has 2 heterocycles. The highest BCUT2D eigenvalue weighted by molar-refractivity contribution is 6.11. The van der Waals surface area contributed by atoms with Crippen LogP contribution in [0.2, 0.25) is 0 Å². The van der Waals surface area contributed by atoms with Crippen LogP contribution in [0.5, 0.6) is 51.7 Å². The summed E-state index contributed by atoms with van der Waals surface area (Å²) in [6.07, 6.45) is -11.4. The lowest BCUT2D eigenvalue weighted by molar-refractivity contribution is -0.394. The molecule has 0 saturated carbocycles. The second-order valence-electron chi connectivity index (χ2n) is 15.1. The molecule has 0 radical (unpaired) electrons. The van der Waals surface area contributed by atoms with Crippen molar-refractivity contribution in [3.05, 3.63) is 71.3 Å². The summed E-state index contributed by atoms with van der Waals surface area (Å²) in [4.78, 5) is 42.3. The van der Waals surface area contributed by atoms with Crippen LogP contribution in [0.3, 0.4) is 0 Å². The number of ketones is 3. The highest BCUT2D eigenvalue weighted by Crippen LogP contribution is 2.51. The Morgan fingerprint density at radius 3 is 1.37 bits per heavy atom. The van der Waals surface area contributed by atoms with Gasteiger partial charge in [0, 0.05) is 0 Å². The molecule has 3 aromatic carbocycles. The molecule has 23 heteroatoms. The lowest BCUT2D eigenvalue weighted by atomic mass is 9.70. The number of aliphatic hydroxyl groups is 8. The molecule has 0 aliphatic carbocycles. The normalized spacial score (nSPS) is 27.6. The first kappa shape index (κ1) is 52.6. The fourth-order valence-corrected chi connectivity index (χ4v) is 7.59. The molecule has 3 aromatic rings. The molecule has 3 unspecified atom stereocenters. The van der Waals surface area contributed by atoms with Crippen molar-refractivity contribution >= 4 is 35.6 Å². The molecule has 2 aliphatic rings. The maximum Gasteiger partial charge on any atom is 0.235 e. The summed E-state index contributed by atoms with van der Waals surface area (Å²) >= 11 is 0. The van der Waals surface area contributed by atoms with Gasteiger partial charge in [-0.15, -0.1) is 0 Å². The van der Waals surface area contributed by atoms with E-state index in [4.69, 9.17) is 42.6 Å². The molecule has 2 aliphatic heterocycles. The van der Waals surface area contributed by atoms with E-state index in [2.05, 4.69) is 0 Å². The maximum absolute atomic E-state index is 14.6. The minimum atomic E-state index is -3.92. The van der Waals surface area contributed by atoms with Crippen LogP contribution in [0.25, 0.3) is 18.2 Å². The Kier molecular flexibility index (Phi) is 16.5. The molecule has 0 bridgehead atoms. The molecule has 0 aromatic heterocycles. The quantitative estimate of drug-likeness (QED) is 0.0588. The van der Waals surface area contributed by atoms with Gasteiger partial charge >= 0.3 is 0 Å². The third-order valence-electron chi connectivity index (χ3n) is 11.3. The first-order chi connectivity index (χ1) is 32.2. The molecule has 23 nitrogen and oxygen atoms in total. The van der Waals surface area contributed by atoms with Crippen LogP contribution in [0.1, 0.15) is 16.7 Å². The number of hydrogen-bond acceptors (Lipinski definition) is 23. The standard InChI is InChI=1S/C45H52O23/c1-60-25-13-21(14-26(61-2)35(25)52)7-10-24(48)34(51)41-39(56)38(55)40(57)42(66-41)68-43(20-47)45(59,32(50)12-9-23-17-29(64-5)37(54)30(18-23)65-6)44(58,33(19-46)67-43)31(49)11-8-22-15-27(62-3)36(53)28(16-22)63-4/h7-18,33-34,38-42,46-47,51-59H,19-20H2,1-6H3/t33-,34?,38+,39+,40-,41-,42?,43?,44-,45-/m1/s1. The Balaban J connectivity index is 1.59.